The molecule has 19 heavy (non-hydrogen) atoms. The summed E-state index contributed by atoms with van der Waals surface area (Å²) in [7, 11) is -3.58. The molecule has 6 heteroatoms. The van der Waals surface area contributed by atoms with Gasteiger partial charge in [0, 0.05) is 24.2 Å². The first-order valence-electron chi connectivity index (χ1n) is 6.14. The van der Waals surface area contributed by atoms with Crippen LogP contribution in [0.1, 0.15) is 13.3 Å². The Morgan fingerprint density at radius 1 is 1.32 bits per heavy atom. The summed E-state index contributed by atoms with van der Waals surface area (Å²) in [6.07, 6.45) is 2.29. The van der Waals surface area contributed by atoms with Crippen molar-refractivity contribution in [3.05, 3.63) is 36.5 Å². The summed E-state index contributed by atoms with van der Waals surface area (Å²) >= 11 is 0. The molecule has 102 valence electrons. The van der Waals surface area contributed by atoms with Crippen molar-refractivity contribution in [2.75, 3.05) is 6.54 Å². The van der Waals surface area contributed by atoms with E-state index >= 15 is 0 Å². The van der Waals surface area contributed by atoms with Gasteiger partial charge in [-0.1, -0.05) is 13.0 Å². The van der Waals surface area contributed by atoms with Crippen molar-refractivity contribution >= 4 is 20.9 Å². The van der Waals surface area contributed by atoms with Crippen molar-refractivity contribution in [3.63, 3.8) is 0 Å². The zero-order chi connectivity index (χ0) is 13.9. The van der Waals surface area contributed by atoms with Gasteiger partial charge in [-0.05, 0) is 30.7 Å². The summed E-state index contributed by atoms with van der Waals surface area (Å²) in [6.45, 7) is 2.17. The first kappa shape index (κ1) is 13.9. The second-order valence-corrected chi connectivity index (χ2v) is 5.97. The third-order valence-electron chi connectivity index (χ3n) is 2.99. The Kier molecular flexibility index (Phi) is 4.14. The van der Waals surface area contributed by atoms with Crippen LogP contribution in [0.25, 0.3) is 10.9 Å². The van der Waals surface area contributed by atoms with Crippen LogP contribution in [0.3, 0.4) is 0 Å². The summed E-state index contributed by atoms with van der Waals surface area (Å²) in [6, 6.07) is 8.27. The van der Waals surface area contributed by atoms with E-state index in [0.29, 0.717) is 17.3 Å². The number of fused-ring (bicyclic) bond motifs is 1. The van der Waals surface area contributed by atoms with Gasteiger partial charge in [-0.3, -0.25) is 4.98 Å². The second kappa shape index (κ2) is 5.64. The van der Waals surface area contributed by atoms with Gasteiger partial charge in [0.25, 0.3) is 0 Å². The Bertz CT molecular complexity index is 661. The predicted octanol–water partition coefficient (Wildman–Crippen LogP) is 1.25. The molecule has 2 aromatic rings. The maximum Gasteiger partial charge on any atom is 0.241 e. The smallest absolute Gasteiger partial charge is 0.241 e. The van der Waals surface area contributed by atoms with E-state index in [9.17, 15) is 8.42 Å². The molecular formula is C13H17N3O2S. The number of hydrogen-bond donors (Lipinski definition) is 2. The number of rotatable bonds is 5. The Morgan fingerprint density at radius 2 is 2.11 bits per heavy atom. The average molecular weight is 279 g/mol. The minimum atomic E-state index is -3.58. The Hall–Kier alpha value is -1.50. The topological polar surface area (TPSA) is 85.1 Å². The van der Waals surface area contributed by atoms with Gasteiger partial charge in [-0.15, -0.1) is 0 Å². The highest BCUT2D eigenvalue weighted by Gasteiger charge is 2.20. The standard InChI is InChI=1S/C13H17N3O2S/c1-2-10(9-14)16-19(17,18)13-7-3-6-12-11(13)5-4-8-15-12/h3-8,10,16H,2,9,14H2,1H3. The van der Waals surface area contributed by atoms with E-state index in [2.05, 4.69) is 9.71 Å². The number of sulfonamides is 1. The zero-order valence-corrected chi connectivity index (χ0v) is 11.5. The van der Waals surface area contributed by atoms with E-state index < -0.39 is 10.0 Å². The monoisotopic (exact) mass is 279 g/mol. The number of benzene rings is 1. The van der Waals surface area contributed by atoms with Crippen molar-refractivity contribution in [3.8, 4) is 0 Å². The van der Waals surface area contributed by atoms with Gasteiger partial charge in [0.2, 0.25) is 10.0 Å². The van der Waals surface area contributed by atoms with Gasteiger partial charge in [0.05, 0.1) is 10.4 Å². The maximum atomic E-state index is 12.4. The van der Waals surface area contributed by atoms with Crippen molar-refractivity contribution < 1.29 is 8.42 Å². The van der Waals surface area contributed by atoms with Crippen LogP contribution in [0.15, 0.2) is 41.4 Å². The van der Waals surface area contributed by atoms with Gasteiger partial charge >= 0.3 is 0 Å². The highest BCUT2D eigenvalue weighted by molar-refractivity contribution is 7.89. The van der Waals surface area contributed by atoms with E-state index in [1.54, 1.807) is 36.5 Å². The molecule has 0 radical (unpaired) electrons. The Morgan fingerprint density at radius 3 is 2.79 bits per heavy atom. The maximum absolute atomic E-state index is 12.4. The van der Waals surface area contributed by atoms with E-state index in [1.807, 2.05) is 6.92 Å². The molecule has 0 amide bonds. The van der Waals surface area contributed by atoms with Crippen LogP contribution < -0.4 is 10.5 Å². The molecule has 0 aliphatic heterocycles. The van der Waals surface area contributed by atoms with E-state index in [0.717, 1.165) is 0 Å². The van der Waals surface area contributed by atoms with Crippen LogP contribution in [0.2, 0.25) is 0 Å². The number of hydrogen-bond acceptors (Lipinski definition) is 4. The number of nitrogens with one attached hydrogen (secondary N) is 1. The minimum Gasteiger partial charge on any atom is -0.329 e. The van der Waals surface area contributed by atoms with E-state index in [4.69, 9.17) is 5.73 Å². The number of aromatic nitrogens is 1. The van der Waals surface area contributed by atoms with Crippen molar-refractivity contribution in [2.45, 2.75) is 24.3 Å². The molecule has 1 unspecified atom stereocenters. The van der Waals surface area contributed by atoms with Gasteiger partial charge in [0.15, 0.2) is 0 Å². The van der Waals surface area contributed by atoms with E-state index in [-0.39, 0.29) is 17.5 Å². The fourth-order valence-electron chi connectivity index (χ4n) is 1.89. The number of nitrogens with zero attached hydrogens (tertiary/aromatic N) is 1. The van der Waals surface area contributed by atoms with Crippen LogP contribution in [0.5, 0.6) is 0 Å². The molecular weight excluding hydrogens is 262 g/mol. The Balaban J connectivity index is 2.49. The minimum absolute atomic E-state index is 0.241. The SMILES string of the molecule is CCC(CN)NS(=O)(=O)c1cccc2ncccc12. The molecule has 5 nitrogen and oxygen atoms in total. The molecule has 0 fully saturated rings. The predicted molar refractivity (Wildman–Crippen MR) is 75.2 cm³/mol. The molecule has 0 aliphatic carbocycles. The molecule has 0 bridgehead atoms. The van der Waals surface area contributed by atoms with Crippen LogP contribution >= 0.6 is 0 Å². The second-order valence-electron chi connectivity index (χ2n) is 4.29. The lowest BCUT2D eigenvalue weighted by atomic mass is 10.2. The largest absolute Gasteiger partial charge is 0.329 e. The molecule has 1 aromatic heterocycles. The van der Waals surface area contributed by atoms with Gasteiger partial charge in [-0.2, -0.15) is 0 Å². The fraction of sp³-hybridized carbons (Fsp3) is 0.308. The molecule has 0 spiro atoms. The fourth-order valence-corrected chi connectivity index (χ4v) is 3.44. The summed E-state index contributed by atoms with van der Waals surface area (Å²) in [4.78, 5) is 4.40. The normalized spacial score (nSPS) is 13.6. The molecule has 2 rings (SSSR count). The van der Waals surface area contributed by atoms with Crippen molar-refractivity contribution in [1.82, 2.24) is 9.71 Å². The van der Waals surface area contributed by atoms with Crippen LogP contribution in [0, 0.1) is 0 Å². The Labute approximate surface area is 112 Å². The lowest BCUT2D eigenvalue weighted by Gasteiger charge is -2.15. The lowest BCUT2D eigenvalue weighted by molar-refractivity contribution is 0.543. The number of nitrogens with two attached hydrogens (primary N) is 1. The third-order valence-corrected chi connectivity index (χ3v) is 4.57. The zero-order valence-electron chi connectivity index (χ0n) is 10.7. The number of pyridine rings is 1. The van der Waals surface area contributed by atoms with Gasteiger partial charge < -0.3 is 5.73 Å². The van der Waals surface area contributed by atoms with Crippen LogP contribution in [-0.2, 0) is 10.0 Å². The molecule has 1 heterocycles. The molecule has 0 saturated carbocycles. The lowest BCUT2D eigenvalue weighted by Crippen LogP contribution is -2.39. The third kappa shape index (κ3) is 2.91. The molecule has 0 saturated heterocycles. The van der Waals surface area contributed by atoms with Gasteiger partial charge in [0.1, 0.15) is 0 Å². The molecule has 0 aliphatic rings. The molecule has 1 aromatic carbocycles. The van der Waals surface area contributed by atoms with E-state index in [1.165, 1.54) is 0 Å². The summed E-state index contributed by atoms with van der Waals surface area (Å²) in [5, 5.41) is 0.615. The first-order chi connectivity index (χ1) is 9.08. The summed E-state index contributed by atoms with van der Waals surface area (Å²) in [5.41, 5.74) is 6.20. The highest BCUT2D eigenvalue weighted by Crippen LogP contribution is 2.21. The van der Waals surface area contributed by atoms with Crippen LogP contribution in [-0.4, -0.2) is 26.0 Å². The van der Waals surface area contributed by atoms with Crippen molar-refractivity contribution in [2.24, 2.45) is 5.73 Å². The summed E-state index contributed by atoms with van der Waals surface area (Å²) in [5.74, 6) is 0. The quantitative estimate of drug-likeness (QED) is 0.862. The first-order valence-corrected chi connectivity index (χ1v) is 7.63. The average Bonchev–Trinajstić information content (AvgIpc) is 2.44. The highest BCUT2D eigenvalue weighted by atomic mass is 32.2. The van der Waals surface area contributed by atoms with Crippen LogP contribution in [0.4, 0.5) is 0 Å². The molecule has 3 N–H and O–H groups in total. The van der Waals surface area contributed by atoms with Crippen molar-refractivity contribution in [1.29, 1.82) is 0 Å². The molecule has 1 atom stereocenters. The van der Waals surface area contributed by atoms with Gasteiger partial charge in [-0.25, -0.2) is 13.1 Å². The summed E-state index contributed by atoms with van der Waals surface area (Å²) < 4.78 is 27.4.